The number of carbonyl (C=O) groups is 1. The Morgan fingerprint density at radius 3 is 2.19 bits per heavy atom. The minimum Gasteiger partial charge on any atom is -0.312 e. The molecule has 0 saturated carbocycles. The Morgan fingerprint density at radius 2 is 1.54 bits per heavy atom. The lowest BCUT2D eigenvalue weighted by molar-refractivity contribution is -0.119. The molecular formula is C23H28N2O. The summed E-state index contributed by atoms with van der Waals surface area (Å²) < 4.78 is 0. The summed E-state index contributed by atoms with van der Waals surface area (Å²) in [5.41, 5.74) is 2.30. The number of piperidine rings is 1. The Balaban J connectivity index is 1.44. The van der Waals surface area contributed by atoms with Gasteiger partial charge in [0.05, 0.1) is 0 Å². The van der Waals surface area contributed by atoms with E-state index >= 15 is 0 Å². The molecule has 26 heavy (non-hydrogen) atoms. The van der Waals surface area contributed by atoms with Gasteiger partial charge < -0.3 is 10.2 Å². The minimum absolute atomic E-state index is 0.276. The number of amides is 1. The highest BCUT2D eigenvalue weighted by Crippen LogP contribution is 2.33. The van der Waals surface area contributed by atoms with E-state index in [1.54, 1.807) is 0 Å². The summed E-state index contributed by atoms with van der Waals surface area (Å²) in [5.74, 6) is 0.808. The van der Waals surface area contributed by atoms with E-state index in [2.05, 4.69) is 41.7 Å². The van der Waals surface area contributed by atoms with Gasteiger partial charge in [0.1, 0.15) is 0 Å². The molecule has 4 rings (SSSR count). The third kappa shape index (κ3) is 4.16. The SMILES string of the molecule is O=C(CC1CC2CCC(C1)N2)N(CCc1ccccc1)c1ccccc1. The van der Waals surface area contributed by atoms with Crippen molar-refractivity contribution in [3.8, 4) is 0 Å². The average molecular weight is 348 g/mol. The molecule has 2 heterocycles. The summed E-state index contributed by atoms with van der Waals surface area (Å²) in [4.78, 5) is 15.2. The van der Waals surface area contributed by atoms with Crippen molar-refractivity contribution in [3.05, 3.63) is 66.2 Å². The first kappa shape index (κ1) is 17.3. The summed E-state index contributed by atoms with van der Waals surface area (Å²) in [6, 6.07) is 21.9. The number of nitrogens with one attached hydrogen (secondary N) is 1. The largest absolute Gasteiger partial charge is 0.312 e. The number of para-hydroxylation sites is 1. The zero-order valence-corrected chi connectivity index (χ0v) is 15.3. The van der Waals surface area contributed by atoms with Gasteiger partial charge in [-0.1, -0.05) is 48.5 Å². The van der Waals surface area contributed by atoms with E-state index in [9.17, 15) is 4.79 Å². The number of anilines is 1. The van der Waals surface area contributed by atoms with E-state index in [-0.39, 0.29) is 5.91 Å². The minimum atomic E-state index is 0.276. The predicted octanol–water partition coefficient (Wildman–Crippen LogP) is 4.18. The van der Waals surface area contributed by atoms with Crippen LogP contribution in [-0.4, -0.2) is 24.5 Å². The van der Waals surface area contributed by atoms with Gasteiger partial charge in [-0.2, -0.15) is 0 Å². The summed E-state index contributed by atoms with van der Waals surface area (Å²) in [5, 5.41) is 3.68. The lowest BCUT2D eigenvalue weighted by Crippen LogP contribution is -2.41. The highest BCUT2D eigenvalue weighted by atomic mass is 16.2. The van der Waals surface area contributed by atoms with Gasteiger partial charge >= 0.3 is 0 Å². The molecule has 3 heteroatoms. The monoisotopic (exact) mass is 348 g/mol. The van der Waals surface area contributed by atoms with Crippen molar-refractivity contribution in [3.63, 3.8) is 0 Å². The second kappa shape index (κ2) is 8.05. The van der Waals surface area contributed by atoms with Crippen LogP contribution in [0.1, 0.15) is 37.7 Å². The third-order valence-corrected chi connectivity index (χ3v) is 5.87. The molecule has 0 spiro atoms. The molecular weight excluding hydrogens is 320 g/mol. The molecule has 2 fully saturated rings. The number of carbonyl (C=O) groups excluding carboxylic acids is 1. The quantitative estimate of drug-likeness (QED) is 0.849. The van der Waals surface area contributed by atoms with Crippen molar-refractivity contribution >= 4 is 11.6 Å². The number of hydrogen-bond acceptors (Lipinski definition) is 2. The van der Waals surface area contributed by atoms with Gasteiger partial charge in [-0.05, 0) is 55.7 Å². The van der Waals surface area contributed by atoms with Gasteiger partial charge in [0, 0.05) is 30.7 Å². The maximum atomic E-state index is 13.2. The molecule has 3 nitrogen and oxygen atoms in total. The van der Waals surface area contributed by atoms with Crippen LogP contribution in [0.3, 0.4) is 0 Å². The normalized spacial score (nSPS) is 24.4. The fourth-order valence-electron chi connectivity index (χ4n) is 4.59. The number of benzene rings is 2. The Kier molecular flexibility index (Phi) is 5.35. The standard InChI is InChI=1S/C23H28N2O/c26-23(17-19-15-20-11-12-21(16-19)24-20)25(22-9-5-2-6-10-22)14-13-18-7-3-1-4-8-18/h1-10,19-21,24H,11-17H2. The van der Waals surface area contributed by atoms with Crippen LogP contribution in [0.25, 0.3) is 0 Å². The maximum Gasteiger partial charge on any atom is 0.227 e. The Hall–Kier alpha value is -2.13. The third-order valence-electron chi connectivity index (χ3n) is 5.87. The first-order valence-corrected chi connectivity index (χ1v) is 9.93. The molecule has 0 radical (unpaired) electrons. The topological polar surface area (TPSA) is 32.3 Å². The average Bonchev–Trinajstić information content (AvgIpc) is 3.02. The zero-order chi connectivity index (χ0) is 17.8. The molecule has 2 aromatic rings. The fourth-order valence-corrected chi connectivity index (χ4v) is 4.59. The molecule has 2 aliphatic heterocycles. The van der Waals surface area contributed by atoms with Gasteiger partial charge in [0.15, 0.2) is 0 Å². The fraction of sp³-hybridized carbons (Fsp3) is 0.435. The summed E-state index contributed by atoms with van der Waals surface area (Å²) in [6.07, 6.45) is 6.45. The molecule has 1 N–H and O–H groups in total. The van der Waals surface area contributed by atoms with Crippen LogP contribution in [0.5, 0.6) is 0 Å². The van der Waals surface area contributed by atoms with E-state index in [0.717, 1.165) is 31.5 Å². The molecule has 2 atom stereocenters. The molecule has 0 aromatic heterocycles. The van der Waals surface area contributed by atoms with E-state index in [0.29, 0.717) is 24.4 Å². The molecule has 2 aliphatic rings. The van der Waals surface area contributed by atoms with E-state index in [1.807, 2.05) is 29.2 Å². The van der Waals surface area contributed by atoms with Crippen LogP contribution in [-0.2, 0) is 11.2 Å². The van der Waals surface area contributed by atoms with Crippen molar-refractivity contribution in [2.75, 3.05) is 11.4 Å². The molecule has 1 amide bonds. The van der Waals surface area contributed by atoms with E-state index in [4.69, 9.17) is 0 Å². The molecule has 2 saturated heterocycles. The van der Waals surface area contributed by atoms with Gasteiger partial charge in [-0.3, -0.25) is 4.79 Å². The van der Waals surface area contributed by atoms with Crippen molar-refractivity contribution in [1.29, 1.82) is 0 Å². The summed E-state index contributed by atoms with van der Waals surface area (Å²) in [6.45, 7) is 0.741. The van der Waals surface area contributed by atoms with Crippen LogP contribution in [0.15, 0.2) is 60.7 Å². The lowest BCUT2D eigenvalue weighted by atomic mass is 9.89. The predicted molar refractivity (Wildman–Crippen MR) is 106 cm³/mol. The van der Waals surface area contributed by atoms with Crippen LogP contribution in [0.4, 0.5) is 5.69 Å². The lowest BCUT2D eigenvalue weighted by Gasteiger charge is -2.31. The van der Waals surface area contributed by atoms with E-state index in [1.165, 1.54) is 18.4 Å². The smallest absolute Gasteiger partial charge is 0.227 e. The van der Waals surface area contributed by atoms with Gasteiger partial charge in [-0.15, -0.1) is 0 Å². The second-order valence-corrected chi connectivity index (χ2v) is 7.80. The van der Waals surface area contributed by atoms with Crippen LogP contribution >= 0.6 is 0 Å². The molecule has 136 valence electrons. The highest BCUT2D eigenvalue weighted by molar-refractivity contribution is 5.93. The maximum absolute atomic E-state index is 13.2. The van der Waals surface area contributed by atoms with Crippen molar-refractivity contribution < 1.29 is 4.79 Å². The second-order valence-electron chi connectivity index (χ2n) is 7.80. The van der Waals surface area contributed by atoms with Crippen LogP contribution in [0, 0.1) is 5.92 Å². The number of nitrogens with zero attached hydrogens (tertiary/aromatic N) is 1. The number of rotatable bonds is 6. The molecule has 2 bridgehead atoms. The Morgan fingerprint density at radius 1 is 0.923 bits per heavy atom. The van der Waals surface area contributed by atoms with Gasteiger partial charge in [0.25, 0.3) is 0 Å². The van der Waals surface area contributed by atoms with Crippen LogP contribution < -0.4 is 10.2 Å². The Labute approximate surface area is 156 Å². The molecule has 2 unspecified atom stereocenters. The first-order valence-electron chi connectivity index (χ1n) is 9.93. The highest BCUT2D eigenvalue weighted by Gasteiger charge is 2.34. The molecule has 0 aliphatic carbocycles. The Bertz CT molecular complexity index is 704. The molecule has 2 aromatic carbocycles. The summed E-state index contributed by atoms with van der Waals surface area (Å²) >= 11 is 0. The number of hydrogen-bond donors (Lipinski definition) is 1. The van der Waals surface area contributed by atoms with Crippen molar-refractivity contribution in [2.45, 2.75) is 50.6 Å². The first-order chi connectivity index (χ1) is 12.8. The van der Waals surface area contributed by atoms with Crippen LogP contribution in [0.2, 0.25) is 0 Å². The summed E-state index contributed by atoms with van der Waals surface area (Å²) in [7, 11) is 0. The number of fused-ring (bicyclic) bond motifs is 2. The van der Waals surface area contributed by atoms with Gasteiger partial charge in [0.2, 0.25) is 5.91 Å². The zero-order valence-electron chi connectivity index (χ0n) is 15.3. The van der Waals surface area contributed by atoms with E-state index < -0.39 is 0 Å². The van der Waals surface area contributed by atoms with Crippen molar-refractivity contribution in [1.82, 2.24) is 5.32 Å². The van der Waals surface area contributed by atoms with Crippen molar-refractivity contribution in [2.24, 2.45) is 5.92 Å². The van der Waals surface area contributed by atoms with Gasteiger partial charge in [-0.25, -0.2) is 0 Å².